The lowest BCUT2D eigenvalue weighted by atomic mass is 9.91. The van der Waals surface area contributed by atoms with Crippen LogP contribution < -0.4 is 15.4 Å². The van der Waals surface area contributed by atoms with E-state index in [0.717, 1.165) is 50.5 Å². The molecule has 36 heavy (non-hydrogen) atoms. The molecule has 198 valence electrons. The predicted molar refractivity (Wildman–Crippen MR) is 136 cm³/mol. The Morgan fingerprint density at radius 1 is 1.08 bits per heavy atom. The van der Waals surface area contributed by atoms with Crippen LogP contribution in [-0.2, 0) is 6.61 Å². The molecule has 0 bridgehead atoms. The summed E-state index contributed by atoms with van der Waals surface area (Å²) in [6.07, 6.45) is 8.31. The Balaban J connectivity index is 0.00000304. The summed E-state index contributed by atoms with van der Waals surface area (Å²) in [6.45, 7) is 5.42. The van der Waals surface area contributed by atoms with Crippen molar-refractivity contribution in [1.82, 2.24) is 20.5 Å². The molecule has 3 aliphatic rings. The van der Waals surface area contributed by atoms with Gasteiger partial charge in [0.1, 0.15) is 12.4 Å². The Labute approximate surface area is 217 Å². The minimum Gasteiger partial charge on any atom is -0.485 e. The highest BCUT2D eigenvalue weighted by molar-refractivity contribution is 5.85. The van der Waals surface area contributed by atoms with Crippen molar-refractivity contribution in [2.24, 2.45) is 5.92 Å². The van der Waals surface area contributed by atoms with Crippen molar-refractivity contribution in [3.8, 4) is 5.75 Å². The molecule has 2 N–H and O–H groups in total. The van der Waals surface area contributed by atoms with Gasteiger partial charge in [-0.3, -0.25) is 0 Å². The van der Waals surface area contributed by atoms with Crippen LogP contribution in [0.3, 0.4) is 0 Å². The molecule has 1 saturated carbocycles. The van der Waals surface area contributed by atoms with Gasteiger partial charge in [0.15, 0.2) is 11.6 Å². The lowest BCUT2D eigenvalue weighted by molar-refractivity contribution is 0.108. The van der Waals surface area contributed by atoms with E-state index >= 15 is 0 Å². The zero-order valence-corrected chi connectivity index (χ0v) is 21.3. The van der Waals surface area contributed by atoms with Gasteiger partial charge in [0.2, 0.25) is 5.95 Å². The Morgan fingerprint density at radius 2 is 1.86 bits per heavy atom. The van der Waals surface area contributed by atoms with Gasteiger partial charge in [-0.25, -0.2) is 13.8 Å². The highest BCUT2D eigenvalue weighted by Gasteiger charge is 2.41. The van der Waals surface area contributed by atoms with Crippen molar-refractivity contribution in [2.75, 3.05) is 32.7 Å². The van der Waals surface area contributed by atoms with Crippen molar-refractivity contribution in [2.45, 2.75) is 63.1 Å². The Kier molecular flexibility index (Phi) is 9.50. The van der Waals surface area contributed by atoms with Gasteiger partial charge in [-0.1, -0.05) is 0 Å². The van der Waals surface area contributed by atoms with E-state index in [-0.39, 0.29) is 42.3 Å². The fourth-order valence-electron chi connectivity index (χ4n) is 5.70. The summed E-state index contributed by atoms with van der Waals surface area (Å²) in [5.74, 6) is -1.29. The SMILES string of the molecule is Cl.Fc1cc(F)c(OCc2cccnc2F)c([C@@H]2C[C@H]2NCCC2CCN(C3CCNCC3)CC2)c1. The molecule has 2 aromatic rings. The third-order valence-electron chi connectivity index (χ3n) is 7.87. The van der Waals surface area contributed by atoms with Gasteiger partial charge in [0, 0.05) is 41.4 Å². The molecular weight excluding hydrogens is 489 g/mol. The maximum absolute atomic E-state index is 14.6. The van der Waals surface area contributed by atoms with Crippen molar-refractivity contribution in [3.63, 3.8) is 0 Å². The van der Waals surface area contributed by atoms with Crippen LogP contribution >= 0.6 is 12.4 Å². The summed E-state index contributed by atoms with van der Waals surface area (Å²) in [4.78, 5) is 6.27. The van der Waals surface area contributed by atoms with Crippen molar-refractivity contribution < 1.29 is 17.9 Å². The molecular formula is C27H36ClF3N4O. The standard InChI is InChI=1S/C27H35F3N4O.ClH/c28-20-14-23(26(24(29)15-20)35-17-19-2-1-8-33-27(19)30)22-16-25(22)32-11-3-18-6-12-34(13-7-18)21-4-9-31-10-5-21;/h1-2,8,14-15,18,21-22,25,31-32H,3-7,9-13,16-17H2;1H/t22-,25+;/m0./s1. The minimum absolute atomic E-state index is 0. The number of nitrogens with one attached hydrogen (secondary N) is 2. The number of rotatable bonds is 9. The number of aromatic nitrogens is 1. The van der Waals surface area contributed by atoms with E-state index in [1.165, 1.54) is 51.0 Å². The average Bonchev–Trinajstić information content (AvgIpc) is 3.64. The van der Waals surface area contributed by atoms with Crippen LogP contribution in [0.4, 0.5) is 13.2 Å². The zero-order valence-electron chi connectivity index (χ0n) is 20.5. The van der Waals surface area contributed by atoms with Gasteiger partial charge in [0.25, 0.3) is 0 Å². The summed E-state index contributed by atoms with van der Waals surface area (Å²) >= 11 is 0. The van der Waals surface area contributed by atoms with Crippen molar-refractivity contribution in [1.29, 1.82) is 0 Å². The van der Waals surface area contributed by atoms with Crippen molar-refractivity contribution in [3.05, 3.63) is 59.2 Å². The lowest BCUT2D eigenvalue weighted by Gasteiger charge is -2.39. The predicted octanol–water partition coefficient (Wildman–Crippen LogP) is 4.80. The molecule has 0 unspecified atom stereocenters. The fraction of sp³-hybridized carbons (Fsp3) is 0.593. The third kappa shape index (κ3) is 6.71. The van der Waals surface area contributed by atoms with Gasteiger partial charge in [-0.05, 0) is 95.4 Å². The lowest BCUT2D eigenvalue weighted by Crippen LogP contribution is -2.46. The smallest absolute Gasteiger partial charge is 0.219 e. The topological polar surface area (TPSA) is 49.4 Å². The van der Waals surface area contributed by atoms with Gasteiger partial charge in [0.05, 0.1) is 0 Å². The molecule has 0 spiro atoms. The number of likely N-dealkylation sites (tertiary alicyclic amines) is 1. The first-order chi connectivity index (χ1) is 17.1. The van der Waals surface area contributed by atoms with E-state index in [1.807, 2.05) is 0 Å². The second-order valence-electron chi connectivity index (χ2n) is 10.2. The summed E-state index contributed by atoms with van der Waals surface area (Å²) in [6, 6.07) is 6.24. The number of benzene rings is 1. The van der Waals surface area contributed by atoms with Crippen LogP contribution in [0.1, 0.15) is 55.6 Å². The molecule has 2 aliphatic heterocycles. The second kappa shape index (κ2) is 12.6. The minimum atomic E-state index is -0.754. The van der Waals surface area contributed by atoms with Crippen LogP contribution in [0, 0.1) is 23.5 Å². The van der Waals surface area contributed by atoms with E-state index < -0.39 is 17.6 Å². The Hall–Kier alpha value is -1.87. The van der Waals surface area contributed by atoms with Gasteiger partial charge >= 0.3 is 0 Å². The number of hydrogen-bond acceptors (Lipinski definition) is 5. The van der Waals surface area contributed by atoms with E-state index in [1.54, 1.807) is 12.1 Å². The van der Waals surface area contributed by atoms with E-state index in [4.69, 9.17) is 4.74 Å². The maximum atomic E-state index is 14.6. The highest BCUT2D eigenvalue weighted by atomic mass is 35.5. The first kappa shape index (κ1) is 27.2. The second-order valence-corrected chi connectivity index (χ2v) is 10.2. The Morgan fingerprint density at radius 3 is 2.61 bits per heavy atom. The summed E-state index contributed by atoms with van der Waals surface area (Å²) in [5.41, 5.74) is 0.749. The van der Waals surface area contributed by atoms with Crippen LogP contribution in [0.5, 0.6) is 5.75 Å². The van der Waals surface area contributed by atoms with Gasteiger partial charge in [-0.15, -0.1) is 12.4 Å². The molecule has 3 fully saturated rings. The molecule has 2 saturated heterocycles. The molecule has 0 radical (unpaired) electrons. The Bertz CT molecular complexity index is 999. The first-order valence-electron chi connectivity index (χ1n) is 13.0. The van der Waals surface area contributed by atoms with E-state index in [0.29, 0.717) is 5.56 Å². The summed E-state index contributed by atoms with van der Waals surface area (Å²) in [7, 11) is 0. The maximum Gasteiger partial charge on any atom is 0.219 e. The highest BCUT2D eigenvalue weighted by Crippen LogP contribution is 2.46. The van der Waals surface area contributed by atoms with Gasteiger partial charge in [-0.2, -0.15) is 4.39 Å². The van der Waals surface area contributed by atoms with E-state index in [2.05, 4.69) is 20.5 Å². The molecule has 9 heteroatoms. The monoisotopic (exact) mass is 524 g/mol. The number of ether oxygens (including phenoxy) is 1. The molecule has 0 amide bonds. The largest absolute Gasteiger partial charge is 0.485 e. The normalized spacial score (nSPS) is 23.3. The average molecular weight is 525 g/mol. The van der Waals surface area contributed by atoms with Crippen LogP contribution in [0.15, 0.2) is 30.5 Å². The number of halogens is 4. The summed E-state index contributed by atoms with van der Waals surface area (Å²) < 4.78 is 48.1. The number of pyridine rings is 1. The number of piperidine rings is 2. The van der Waals surface area contributed by atoms with Crippen LogP contribution in [0.25, 0.3) is 0 Å². The summed E-state index contributed by atoms with van der Waals surface area (Å²) in [5, 5.41) is 7.03. The van der Waals surface area contributed by atoms with Gasteiger partial charge < -0.3 is 20.3 Å². The number of nitrogens with zero attached hydrogens (tertiary/aromatic N) is 2. The molecule has 3 heterocycles. The molecule has 1 aromatic carbocycles. The van der Waals surface area contributed by atoms with Crippen LogP contribution in [-0.4, -0.2) is 54.7 Å². The fourth-order valence-corrected chi connectivity index (χ4v) is 5.70. The number of hydrogen-bond donors (Lipinski definition) is 2. The van der Waals surface area contributed by atoms with Crippen molar-refractivity contribution >= 4 is 12.4 Å². The first-order valence-corrected chi connectivity index (χ1v) is 13.0. The molecule has 2 atom stereocenters. The molecule has 1 aromatic heterocycles. The van der Waals surface area contributed by atoms with E-state index in [9.17, 15) is 13.2 Å². The quantitative estimate of drug-likeness (QED) is 0.462. The molecule has 1 aliphatic carbocycles. The zero-order chi connectivity index (χ0) is 24.2. The van der Waals surface area contributed by atoms with Crippen LogP contribution in [0.2, 0.25) is 0 Å². The third-order valence-corrected chi connectivity index (χ3v) is 7.87. The molecule has 5 rings (SSSR count). The molecule has 5 nitrogen and oxygen atoms in total.